The zero-order chi connectivity index (χ0) is 12.8. The molecule has 1 aliphatic carbocycles. The molecule has 106 valence electrons. The third-order valence-electron chi connectivity index (χ3n) is 4.20. The highest BCUT2D eigenvalue weighted by molar-refractivity contribution is 7.91. The van der Waals surface area contributed by atoms with Crippen LogP contribution in [-0.2, 0) is 9.84 Å². The molecular weight excluding hydrogens is 248 g/mol. The van der Waals surface area contributed by atoms with E-state index in [1.807, 2.05) is 0 Å². The first-order valence-electron chi connectivity index (χ1n) is 7.29. The summed E-state index contributed by atoms with van der Waals surface area (Å²) >= 11 is 0. The molecule has 0 spiro atoms. The van der Waals surface area contributed by atoms with Crippen LogP contribution >= 0.6 is 0 Å². The largest absolute Gasteiger partial charge is 0.315 e. The van der Waals surface area contributed by atoms with Gasteiger partial charge in [0.05, 0.1) is 11.5 Å². The Hall–Kier alpha value is -0.130. The van der Waals surface area contributed by atoms with Gasteiger partial charge in [-0.15, -0.1) is 0 Å². The van der Waals surface area contributed by atoms with Gasteiger partial charge in [0, 0.05) is 26.2 Å². The summed E-state index contributed by atoms with van der Waals surface area (Å²) in [7, 11) is -2.73. The Morgan fingerprint density at radius 1 is 1.06 bits per heavy atom. The van der Waals surface area contributed by atoms with Gasteiger partial charge in [0.25, 0.3) is 0 Å². The minimum atomic E-state index is -2.73. The molecule has 1 saturated heterocycles. The van der Waals surface area contributed by atoms with Crippen molar-refractivity contribution in [1.82, 2.24) is 10.2 Å². The van der Waals surface area contributed by atoms with Gasteiger partial charge < -0.3 is 10.2 Å². The molecule has 0 amide bonds. The minimum Gasteiger partial charge on any atom is -0.315 e. The average molecular weight is 274 g/mol. The van der Waals surface area contributed by atoms with Crippen molar-refractivity contribution < 1.29 is 8.42 Å². The standard InChI is InChI=1S/C13H26N2O2S/c16-18(17)10-8-15(9-11-18)7-6-14-12-13-4-2-1-3-5-13/h13-14H,1-12H2. The zero-order valence-corrected chi connectivity index (χ0v) is 12.1. The SMILES string of the molecule is O=S1(=O)CCN(CCNCC2CCCCC2)CC1. The minimum absolute atomic E-state index is 0.343. The molecule has 0 radical (unpaired) electrons. The van der Waals surface area contributed by atoms with E-state index in [1.54, 1.807) is 0 Å². The molecule has 0 atom stereocenters. The molecule has 2 rings (SSSR count). The van der Waals surface area contributed by atoms with Gasteiger partial charge in [0.1, 0.15) is 0 Å². The molecule has 1 heterocycles. The number of hydrogen-bond donors (Lipinski definition) is 1. The molecule has 0 aromatic heterocycles. The molecule has 1 aliphatic heterocycles. The first-order chi connectivity index (χ1) is 8.66. The second kappa shape index (κ2) is 6.87. The van der Waals surface area contributed by atoms with E-state index in [2.05, 4.69) is 10.2 Å². The molecule has 0 aromatic carbocycles. The van der Waals surface area contributed by atoms with Crippen molar-refractivity contribution >= 4 is 9.84 Å². The topological polar surface area (TPSA) is 49.4 Å². The van der Waals surface area contributed by atoms with Gasteiger partial charge in [-0.2, -0.15) is 0 Å². The van der Waals surface area contributed by atoms with E-state index >= 15 is 0 Å². The zero-order valence-electron chi connectivity index (χ0n) is 11.2. The van der Waals surface area contributed by atoms with Gasteiger partial charge in [0.2, 0.25) is 0 Å². The van der Waals surface area contributed by atoms with Crippen molar-refractivity contribution in [2.75, 3.05) is 44.2 Å². The van der Waals surface area contributed by atoms with Crippen molar-refractivity contribution in [3.63, 3.8) is 0 Å². The highest BCUT2D eigenvalue weighted by atomic mass is 32.2. The maximum Gasteiger partial charge on any atom is 0.152 e. The molecule has 4 nitrogen and oxygen atoms in total. The maximum absolute atomic E-state index is 11.3. The lowest BCUT2D eigenvalue weighted by Gasteiger charge is -2.27. The molecule has 1 N–H and O–H groups in total. The van der Waals surface area contributed by atoms with E-state index in [1.165, 1.54) is 32.1 Å². The number of nitrogens with one attached hydrogen (secondary N) is 1. The summed E-state index contributed by atoms with van der Waals surface area (Å²) in [4.78, 5) is 2.26. The number of sulfone groups is 1. The fourth-order valence-electron chi connectivity index (χ4n) is 2.91. The van der Waals surface area contributed by atoms with Gasteiger partial charge in [-0.1, -0.05) is 19.3 Å². The fraction of sp³-hybridized carbons (Fsp3) is 1.00. The Morgan fingerprint density at radius 3 is 2.39 bits per heavy atom. The molecular formula is C13H26N2O2S. The van der Waals surface area contributed by atoms with Crippen molar-refractivity contribution in [2.45, 2.75) is 32.1 Å². The van der Waals surface area contributed by atoms with E-state index in [4.69, 9.17) is 0 Å². The van der Waals surface area contributed by atoms with Crippen molar-refractivity contribution in [1.29, 1.82) is 0 Å². The van der Waals surface area contributed by atoms with Crippen LogP contribution in [0.1, 0.15) is 32.1 Å². The summed E-state index contributed by atoms with van der Waals surface area (Å²) in [5.74, 6) is 1.56. The summed E-state index contributed by atoms with van der Waals surface area (Å²) in [5.41, 5.74) is 0. The molecule has 2 aliphatic rings. The summed E-state index contributed by atoms with van der Waals surface area (Å²) < 4.78 is 22.6. The Bertz CT molecular complexity index is 323. The van der Waals surface area contributed by atoms with Crippen molar-refractivity contribution in [3.05, 3.63) is 0 Å². The quantitative estimate of drug-likeness (QED) is 0.756. The number of rotatable bonds is 5. The van der Waals surface area contributed by atoms with Crippen LogP contribution < -0.4 is 5.32 Å². The van der Waals surface area contributed by atoms with E-state index in [-0.39, 0.29) is 0 Å². The van der Waals surface area contributed by atoms with Gasteiger partial charge >= 0.3 is 0 Å². The third-order valence-corrected chi connectivity index (χ3v) is 5.81. The monoisotopic (exact) mass is 274 g/mol. The summed E-state index contributed by atoms with van der Waals surface area (Å²) in [5, 5.41) is 3.53. The predicted molar refractivity (Wildman–Crippen MR) is 74.5 cm³/mol. The van der Waals surface area contributed by atoms with Crippen molar-refractivity contribution in [3.8, 4) is 0 Å². The maximum atomic E-state index is 11.3. The average Bonchev–Trinajstić information content (AvgIpc) is 2.37. The Labute approximate surface area is 111 Å². The fourth-order valence-corrected chi connectivity index (χ4v) is 4.19. The lowest BCUT2D eigenvalue weighted by molar-refractivity contribution is 0.283. The van der Waals surface area contributed by atoms with Gasteiger partial charge in [-0.25, -0.2) is 8.42 Å². The Kier molecular flexibility index (Phi) is 5.45. The van der Waals surface area contributed by atoms with E-state index in [0.29, 0.717) is 24.6 Å². The molecule has 2 fully saturated rings. The van der Waals surface area contributed by atoms with Crippen LogP contribution in [0.15, 0.2) is 0 Å². The molecule has 1 saturated carbocycles. The second-order valence-corrected chi connectivity index (χ2v) is 8.01. The Morgan fingerprint density at radius 2 is 1.72 bits per heavy atom. The highest BCUT2D eigenvalue weighted by Crippen LogP contribution is 2.22. The van der Waals surface area contributed by atoms with Crippen LogP contribution in [0, 0.1) is 5.92 Å². The van der Waals surface area contributed by atoms with E-state index in [9.17, 15) is 8.42 Å². The molecule has 0 aromatic rings. The molecule has 0 bridgehead atoms. The molecule has 5 heteroatoms. The van der Waals surface area contributed by atoms with E-state index in [0.717, 1.165) is 25.6 Å². The van der Waals surface area contributed by atoms with E-state index < -0.39 is 9.84 Å². The van der Waals surface area contributed by atoms with Crippen molar-refractivity contribution in [2.24, 2.45) is 5.92 Å². The van der Waals surface area contributed by atoms with Crippen LogP contribution in [0.2, 0.25) is 0 Å². The molecule has 0 unspecified atom stereocenters. The number of nitrogens with zero attached hydrogens (tertiary/aromatic N) is 1. The van der Waals surface area contributed by atoms with Crippen LogP contribution in [0.4, 0.5) is 0 Å². The van der Waals surface area contributed by atoms with Crippen LogP contribution in [-0.4, -0.2) is 57.5 Å². The Balaban J connectivity index is 1.53. The highest BCUT2D eigenvalue weighted by Gasteiger charge is 2.21. The smallest absolute Gasteiger partial charge is 0.152 e. The van der Waals surface area contributed by atoms with Crippen LogP contribution in [0.3, 0.4) is 0 Å². The normalized spacial score (nSPS) is 26.2. The lowest BCUT2D eigenvalue weighted by Crippen LogP contribution is -2.43. The van der Waals surface area contributed by atoms with Gasteiger partial charge in [0.15, 0.2) is 9.84 Å². The van der Waals surface area contributed by atoms with Crippen LogP contribution in [0.25, 0.3) is 0 Å². The summed E-state index contributed by atoms with van der Waals surface area (Å²) in [6.07, 6.45) is 6.98. The summed E-state index contributed by atoms with van der Waals surface area (Å²) in [6.45, 7) is 4.56. The second-order valence-electron chi connectivity index (χ2n) is 5.70. The third kappa shape index (κ3) is 4.86. The first-order valence-corrected chi connectivity index (χ1v) is 9.11. The molecule has 18 heavy (non-hydrogen) atoms. The van der Waals surface area contributed by atoms with Gasteiger partial charge in [-0.05, 0) is 25.3 Å². The summed E-state index contributed by atoms with van der Waals surface area (Å²) in [6, 6.07) is 0. The number of hydrogen-bond acceptors (Lipinski definition) is 4. The van der Waals surface area contributed by atoms with Crippen LogP contribution in [0.5, 0.6) is 0 Å². The van der Waals surface area contributed by atoms with Gasteiger partial charge in [-0.3, -0.25) is 0 Å². The predicted octanol–water partition coefficient (Wildman–Crippen LogP) is 0.887. The first kappa shape index (κ1) is 14.3. The lowest BCUT2D eigenvalue weighted by atomic mass is 9.89.